The number of hydrogen-bond donors (Lipinski definition) is 3. The summed E-state index contributed by atoms with van der Waals surface area (Å²) in [5.41, 5.74) is 6.54. The van der Waals surface area contributed by atoms with Crippen LogP contribution >= 0.6 is 11.6 Å². The Morgan fingerprint density at radius 3 is 2.94 bits per heavy atom. The second kappa shape index (κ2) is 7.92. The highest BCUT2D eigenvalue weighted by molar-refractivity contribution is 6.30. The molecule has 1 aromatic rings. The average molecular weight is 256 g/mol. The highest BCUT2D eigenvalue weighted by atomic mass is 35.5. The first-order chi connectivity index (χ1) is 8.22. The number of unbranched alkanes of at least 4 members (excludes halogenated alkanes) is 1. The van der Waals surface area contributed by atoms with Crippen LogP contribution in [-0.4, -0.2) is 17.6 Å². The molecule has 17 heavy (non-hydrogen) atoms. The third-order valence-electron chi connectivity index (χ3n) is 2.38. The van der Waals surface area contributed by atoms with Gasteiger partial charge in [-0.1, -0.05) is 28.9 Å². The molecule has 0 heterocycles. The monoisotopic (exact) mass is 255 g/mol. The van der Waals surface area contributed by atoms with Crippen LogP contribution in [-0.2, 0) is 6.54 Å². The Labute approximate surface area is 106 Å². The molecular weight excluding hydrogens is 238 g/mol. The zero-order valence-corrected chi connectivity index (χ0v) is 10.5. The Kier molecular flexibility index (Phi) is 6.43. The van der Waals surface area contributed by atoms with Crippen LogP contribution in [0.5, 0.6) is 0 Å². The molecule has 0 aliphatic carbocycles. The minimum absolute atomic E-state index is 0.292. The summed E-state index contributed by atoms with van der Waals surface area (Å²) in [5.74, 6) is 0.292. The van der Waals surface area contributed by atoms with Crippen LogP contribution in [0.4, 0.5) is 0 Å². The number of oxime groups is 1. The average Bonchev–Trinajstić information content (AvgIpc) is 2.33. The maximum absolute atomic E-state index is 8.35. The van der Waals surface area contributed by atoms with E-state index in [0.717, 1.165) is 31.0 Å². The van der Waals surface area contributed by atoms with E-state index < -0.39 is 0 Å². The first-order valence-corrected chi connectivity index (χ1v) is 6.01. The van der Waals surface area contributed by atoms with E-state index in [0.29, 0.717) is 12.3 Å². The smallest absolute Gasteiger partial charge is 0.139 e. The van der Waals surface area contributed by atoms with Gasteiger partial charge in [0.05, 0.1) is 0 Å². The van der Waals surface area contributed by atoms with Crippen molar-refractivity contribution in [3.63, 3.8) is 0 Å². The Morgan fingerprint density at radius 2 is 2.24 bits per heavy atom. The van der Waals surface area contributed by atoms with Crippen molar-refractivity contribution in [2.75, 3.05) is 6.54 Å². The van der Waals surface area contributed by atoms with E-state index in [-0.39, 0.29) is 0 Å². The minimum Gasteiger partial charge on any atom is -0.409 e. The molecule has 0 bridgehead atoms. The number of amidine groups is 1. The second-order valence-electron chi connectivity index (χ2n) is 3.86. The first-order valence-electron chi connectivity index (χ1n) is 5.64. The van der Waals surface area contributed by atoms with Gasteiger partial charge in [-0.25, -0.2) is 0 Å². The fourth-order valence-electron chi connectivity index (χ4n) is 1.49. The summed E-state index contributed by atoms with van der Waals surface area (Å²) in [7, 11) is 0. The molecule has 94 valence electrons. The Balaban J connectivity index is 2.08. The van der Waals surface area contributed by atoms with E-state index in [1.807, 2.05) is 24.3 Å². The molecule has 0 atom stereocenters. The molecule has 0 unspecified atom stereocenters. The molecule has 0 saturated carbocycles. The number of halogens is 1. The standard InChI is InChI=1S/C12H18ClN3O/c13-11-5-3-4-10(8-11)9-15-7-2-1-6-12(14)16-17/h3-5,8,15,17H,1-2,6-7,9H2,(H2,14,16). The second-order valence-corrected chi connectivity index (χ2v) is 4.29. The molecule has 0 saturated heterocycles. The van der Waals surface area contributed by atoms with Crippen LogP contribution in [0, 0.1) is 0 Å². The van der Waals surface area contributed by atoms with Gasteiger partial charge in [-0.3, -0.25) is 0 Å². The van der Waals surface area contributed by atoms with Gasteiger partial charge in [0, 0.05) is 18.0 Å². The topological polar surface area (TPSA) is 70.6 Å². The summed E-state index contributed by atoms with van der Waals surface area (Å²) in [6, 6.07) is 7.79. The van der Waals surface area contributed by atoms with Gasteiger partial charge in [-0.2, -0.15) is 0 Å². The fourth-order valence-corrected chi connectivity index (χ4v) is 1.70. The normalized spacial score (nSPS) is 11.7. The van der Waals surface area contributed by atoms with E-state index in [9.17, 15) is 0 Å². The Morgan fingerprint density at radius 1 is 1.41 bits per heavy atom. The third-order valence-corrected chi connectivity index (χ3v) is 2.62. The van der Waals surface area contributed by atoms with Gasteiger partial charge >= 0.3 is 0 Å². The van der Waals surface area contributed by atoms with Crippen LogP contribution in [0.25, 0.3) is 0 Å². The maximum Gasteiger partial charge on any atom is 0.139 e. The molecule has 0 aliphatic heterocycles. The molecule has 0 radical (unpaired) electrons. The lowest BCUT2D eigenvalue weighted by Gasteiger charge is -2.05. The Hall–Kier alpha value is -1.26. The van der Waals surface area contributed by atoms with Gasteiger partial charge < -0.3 is 16.3 Å². The molecule has 0 fully saturated rings. The minimum atomic E-state index is 0.292. The van der Waals surface area contributed by atoms with Gasteiger partial charge in [0.15, 0.2) is 0 Å². The maximum atomic E-state index is 8.35. The molecule has 0 spiro atoms. The van der Waals surface area contributed by atoms with E-state index in [1.54, 1.807) is 0 Å². The van der Waals surface area contributed by atoms with Gasteiger partial charge in [0.1, 0.15) is 5.84 Å². The van der Waals surface area contributed by atoms with Crippen LogP contribution in [0.2, 0.25) is 5.02 Å². The summed E-state index contributed by atoms with van der Waals surface area (Å²) >= 11 is 5.88. The first kappa shape index (κ1) is 13.8. The zero-order chi connectivity index (χ0) is 12.5. The van der Waals surface area contributed by atoms with E-state index in [4.69, 9.17) is 22.5 Å². The summed E-state index contributed by atoms with van der Waals surface area (Å²) in [6.45, 7) is 1.72. The van der Waals surface area contributed by atoms with Crippen LogP contribution in [0.3, 0.4) is 0 Å². The summed E-state index contributed by atoms with van der Waals surface area (Å²) < 4.78 is 0. The predicted molar refractivity (Wildman–Crippen MR) is 70.4 cm³/mol. The van der Waals surface area contributed by atoms with Crippen molar-refractivity contribution >= 4 is 17.4 Å². The number of hydrogen-bond acceptors (Lipinski definition) is 3. The highest BCUT2D eigenvalue weighted by Gasteiger charge is 1.95. The molecule has 4 N–H and O–H groups in total. The van der Waals surface area contributed by atoms with Crippen molar-refractivity contribution in [2.45, 2.75) is 25.8 Å². The number of benzene rings is 1. The van der Waals surface area contributed by atoms with Crippen LogP contribution < -0.4 is 11.1 Å². The van der Waals surface area contributed by atoms with Crippen molar-refractivity contribution in [1.29, 1.82) is 0 Å². The van der Waals surface area contributed by atoms with Crippen molar-refractivity contribution in [3.05, 3.63) is 34.9 Å². The summed E-state index contributed by atoms with van der Waals surface area (Å²) in [6.07, 6.45) is 2.55. The Bertz CT molecular complexity index is 369. The third kappa shape index (κ3) is 6.14. The van der Waals surface area contributed by atoms with E-state index in [1.165, 1.54) is 5.56 Å². The molecule has 5 heteroatoms. The molecule has 1 aromatic carbocycles. The summed E-state index contributed by atoms with van der Waals surface area (Å²) in [4.78, 5) is 0. The molecular formula is C12H18ClN3O. The SMILES string of the molecule is NC(CCCCNCc1cccc(Cl)c1)=NO. The number of nitrogens with two attached hydrogens (primary N) is 1. The number of nitrogens with one attached hydrogen (secondary N) is 1. The largest absolute Gasteiger partial charge is 0.409 e. The van der Waals surface area contributed by atoms with Crippen molar-refractivity contribution in [3.8, 4) is 0 Å². The van der Waals surface area contributed by atoms with Crippen molar-refractivity contribution in [1.82, 2.24) is 5.32 Å². The molecule has 0 aromatic heterocycles. The lowest BCUT2D eigenvalue weighted by atomic mass is 10.2. The van der Waals surface area contributed by atoms with E-state index >= 15 is 0 Å². The van der Waals surface area contributed by atoms with Gasteiger partial charge in [-0.05, 0) is 37.1 Å². The van der Waals surface area contributed by atoms with Crippen molar-refractivity contribution < 1.29 is 5.21 Å². The van der Waals surface area contributed by atoms with Crippen LogP contribution in [0.15, 0.2) is 29.4 Å². The highest BCUT2D eigenvalue weighted by Crippen LogP contribution is 2.10. The van der Waals surface area contributed by atoms with Crippen LogP contribution in [0.1, 0.15) is 24.8 Å². The molecule has 1 rings (SSSR count). The van der Waals surface area contributed by atoms with Crippen molar-refractivity contribution in [2.24, 2.45) is 10.9 Å². The summed E-state index contributed by atoms with van der Waals surface area (Å²) in [5, 5.41) is 15.3. The fraction of sp³-hybridized carbons (Fsp3) is 0.417. The molecule has 0 amide bonds. The quantitative estimate of drug-likeness (QED) is 0.230. The molecule has 0 aliphatic rings. The van der Waals surface area contributed by atoms with Gasteiger partial charge in [0.2, 0.25) is 0 Å². The lowest BCUT2D eigenvalue weighted by molar-refractivity contribution is 0.316. The number of nitrogens with zero attached hydrogens (tertiary/aromatic N) is 1. The van der Waals surface area contributed by atoms with Gasteiger partial charge in [0.25, 0.3) is 0 Å². The lowest BCUT2D eigenvalue weighted by Crippen LogP contribution is -2.16. The number of rotatable bonds is 7. The zero-order valence-electron chi connectivity index (χ0n) is 9.69. The predicted octanol–water partition coefficient (Wildman–Crippen LogP) is 2.35. The van der Waals surface area contributed by atoms with Gasteiger partial charge in [-0.15, -0.1) is 0 Å². The molecule has 4 nitrogen and oxygen atoms in total. The van der Waals surface area contributed by atoms with E-state index in [2.05, 4.69) is 10.5 Å².